The maximum Gasteiger partial charge on any atom is 0.322 e. The summed E-state index contributed by atoms with van der Waals surface area (Å²) in [4.78, 5) is 29.8. The Hall–Kier alpha value is -0.530. The van der Waals surface area contributed by atoms with Crippen LogP contribution >= 0.6 is 6.49 Å². The summed E-state index contributed by atoms with van der Waals surface area (Å²) in [6, 6.07) is -1.27. The zero-order chi connectivity index (χ0) is 12.1. The highest BCUT2D eigenvalue weighted by Crippen LogP contribution is 2.42. The third-order valence-electron chi connectivity index (χ3n) is 1.38. The molecular formula is C6H12NO6PS. The Morgan fingerprint density at radius 3 is 2.40 bits per heavy atom. The molecule has 0 radical (unpaired) electrons. The van der Waals surface area contributed by atoms with E-state index in [0.29, 0.717) is 0 Å². The number of carboxylic acid groups (broad SMARTS) is 2. The number of hydrogen-bond donors (Lipinski definition) is 4. The summed E-state index contributed by atoms with van der Waals surface area (Å²) in [5, 5.41) is 16.7. The number of hydrogen-bond acceptors (Lipinski definition) is 5. The summed E-state index contributed by atoms with van der Waals surface area (Å²) in [6.07, 6.45) is -0.528. The largest absolute Gasteiger partial charge is 0.481 e. The van der Waals surface area contributed by atoms with Gasteiger partial charge in [-0.25, -0.2) is 0 Å². The Bertz CT molecular complexity index is 295. The van der Waals surface area contributed by atoms with E-state index < -0.39 is 31.1 Å². The van der Waals surface area contributed by atoms with Gasteiger partial charge in [0.2, 0.25) is 0 Å². The van der Waals surface area contributed by atoms with Gasteiger partial charge in [0.05, 0.1) is 13.0 Å². The monoisotopic (exact) mass is 257 g/mol. The summed E-state index contributed by atoms with van der Waals surface area (Å²) in [6.45, 7) is -3.66. The average Bonchev–Trinajstić information content (AvgIpc) is 2.11. The quantitative estimate of drug-likeness (QED) is 0.436. The Balaban J connectivity index is 3.99. The lowest BCUT2D eigenvalue weighted by atomic mass is 10.3. The second-order valence-corrected chi connectivity index (χ2v) is 6.44. The molecule has 2 atom stereocenters. The summed E-state index contributed by atoms with van der Waals surface area (Å²) >= 11 is 4.60. The van der Waals surface area contributed by atoms with Crippen molar-refractivity contribution in [1.82, 2.24) is 0 Å². The first kappa shape index (κ1) is 14.5. The van der Waals surface area contributed by atoms with E-state index in [1.54, 1.807) is 0 Å². The topological polar surface area (TPSA) is 130 Å². The number of rotatable bonds is 7. The minimum atomic E-state index is -3.23. The molecule has 0 heterocycles. The number of nitrogens with two attached hydrogens (primary N) is 1. The molecule has 0 aliphatic rings. The van der Waals surface area contributed by atoms with Gasteiger partial charge in [-0.05, 0) is 11.8 Å². The first-order chi connectivity index (χ1) is 6.74. The molecule has 0 aliphatic heterocycles. The molecule has 0 saturated carbocycles. The van der Waals surface area contributed by atoms with Gasteiger partial charge in [-0.1, -0.05) is 0 Å². The molecule has 5 N–H and O–H groups in total. The highest BCUT2D eigenvalue weighted by molar-refractivity contribution is 8.09. The maximum atomic E-state index is 10.3. The molecule has 0 aliphatic carbocycles. The highest BCUT2D eigenvalue weighted by atomic mass is 32.5. The van der Waals surface area contributed by atoms with E-state index in [1.165, 1.54) is 0 Å². The van der Waals surface area contributed by atoms with Gasteiger partial charge < -0.3 is 25.4 Å². The molecule has 0 fully saturated rings. The molecule has 1 unspecified atom stereocenters. The fourth-order valence-corrected chi connectivity index (χ4v) is 2.02. The van der Waals surface area contributed by atoms with Crippen LogP contribution in [-0.4, -0.2) is 45.9 Å². The summed E-state index contributed by atoms with van der Waals surface area (Å²) in [7, 11) is 0. The predicted molar refractivity (Wildman–Crippen MR) is 55.2 cm³/mol. The highest BCUT2D eigenvalue weighted by Gasteiger charge is 2.19. The molecular weight excluding hydrogens is 245 g/mol. The standard InChI is InChI=1S/C6H12NO6PS/c7-4(6(10)11)3-13-14(12,15)2-1-5(8)9/h4H,1-3,7H2,(H,8,9)(H,10,11)(H,12,15)/t4-,14?/m0/s1. The van der Waals surface area contributed by atoms with E-state index in [9.17, 15) is 14.5 Å². The Kier molecular flexibility index (Phi) is 5.92. The Morgan fingerprint density at radius 1 is 1.47 bits per heavy atom. The maximum absolute atomic E-state index is 10.3. The van der Waals surface area contributed by atoms with Crippen molar-refractivity contribution in [2.24, 2.45) is 5.73 Å². The molecule has 0 aromatic heterocycles. The minimum absolute atomic E-state index is 0.204. The van der Waals surface area contributed by atoms with E-state index >= 15 is 0 Å². The van der Waals surface area contributed by atoms with Crippen LogP contribution in [0.25, 0.3) is 0 Å². The smallest absolute Gasteiger partial charge is 0.322 e. The minimum Gasteiger partial charge on any atom is -0.481 e. The SMILES string of the molecule is N[C@@H](COP(O)(=S)CCC(=O)O)C(=O)O. The van der Waals surface area contributed by atoms with Crippen LogP contribution in [0.3, 0.4) is 0 Å². The summed E-state index contributed by atoms with van der Waals surface area (Å²) in [5.74, 6) is -2.38. The van der Waals surface area contributed by atoms with Crippen LogP contribution in [0.15, 0.2) is 0 Å². The molecule has 88 valence electrons. The first-order valence-corrected chi connectivity index (χ1v) is 6.77. The van der Waals surface area contributed by atoms with Gasteiger partial charge in [-0.3, -0.25) is 9.59 Å². The zero-order valence-corrected chi connectivity index (χ0v) is 9.41. The van der Waals surface area contributed by atoms with Crippen LogP contribution < -0.4 is 5.73 Å². The van der Waals surface area contributed by atoms with Crippen LogP contribution in [-0.2, 0) is 25.9 Å². The molecule has 0 saturated heterocycles. The average molecular weight is 257 g/mol. The molecule has 0 spiro atoms. The molecule has 0 amide bonds. The van der Waals surface area contributed by atoms with Gasteiger partial charge in [-0.2, -0.15) is 0 Å². The third-order valence-corrected chi connectivity index (χ3v) is 3.59. The molecule has 15 heavy (non-hydrogen) atoms. The molecule has 0 aromatic rings. The second-order valence-electron chi connectivity index (χ2n) is 2.75. The summed E-state index contributed by atoms with van der Waals surface area (Å²) in [5.41, 5.74) is 5.10. The van der Waals surface area contributed by atoms with Crippen LogP contribution in [0.5, 0.6) is 0 Å². The Labute approximate surface area is 91.0 Å². The van der Waals surface area contributed by atoms with Crippen molar-refractivity contribution in [2.45, 2.75) is 12.5 Å². The zero-order valence-electron chi connectivity index (χ0n) is 7.70. The number of aliphatic carboxylic acids is 2. The molecule has 0 bridgehead atoms. The number of carbonyl (C=O) groups is 2. The molecule has 0 rings (SSSR count). The van der Waals surface area contributed by atoms with E-state index in [4.69, 9.17) is 20.5 Å². The van der Waals surface area contributed by atoms with E-state index in [0.717, 1.165) is 0 Å². The van der Waals surface area contributed by atoms with Gasteiger partial charge in [0, 0.05) is 6.16 Å². The van der Waals surface area contributed by atoms with Crippen LogP contribution in [0.2, 0.25) is 0 Å². The van der Waals surface area contributed by atoms with Crippen molar-refractivity contribution in [3.63, 3.8) is 0 Å². The van der Waals surface area contributed by atoms with Gasteiger partial charge >= 0.3 is 11.9 Å². The van der Waals surface area contributed by atoms with Gasteiger partial charge in [0.25, 0.3) is 0 Å². The fraction of sp³-hybridized carbons (Fsp3) is 0.667. The van der Waals surface area contributed by atoms with Crippen LogP contribution in [0, 0.1) is 0 Å². The van der Waals surface area contributed by atoms with Gasteiger partial charge in [-0.15, -0.1) is 0 Å². The van der Waals surface area contributed by atoms with Crippen molar-refractivity contribution >= 4 is 30.2 Å². The molecule has 9 heteroatoms. The molecule has 0 aromatic carbocycles. The fourth-order valence-electron chi connectivity index (χ4n) is 0.570. The van der Waals surface area contributed by atoms with Gasteiger partial charge in [0.15, 0.2) is 6.49 Å². The second kappa shape index (κ2) is 6.14. The van der Waals surface area contributed by atoms with E-state index in [-0.39, 0.29) is 12.6 Å². The summed E-state index contributed by atoms with van der Waals surface area (Å²) < 4.78 is 4.72. The number of carboxylic acids is 2. The lowest BCUT2D eigenvalue weighted by Gasteiger charge is -2.16. The van der Waals surface area contributed by atoms with Crippen molar-refractivity contribution in [2.75, 3.05) is 12.8 Å². The van der Waals surface area contributed by atoms with Gasteiger partial charge in [0.1, 0.15) is 6.04 Å². The van der Waals surface area contributed by atoms with Crippen molar-refractivity contribution < 1.29 is 29.2 Å². The lowest BCUT2D eigenvalue weighted by Crippen LogP contribution is -2.34. The first-order valence-electron chi connectivity index (χ1n) is 3.91. The van der Waals surface area contributed by atoms with E-state index in [1.807, 2.05) is 0 Å². The third kappa shape index (κ3) is 7.40. The lowest BCUT2D eigenvalue weighted by molar-refractivity contribution is -0.139. The van der Waals surface area contributed by atoms with Crippen LogP contribution in [0.1, 0.15) is 6.42 Å². The normalized spacial score (nSPS) is 16.7. The predicted octanol–water partition coefficient (Wildman–Crippen LogP) is -0.809. The van der Waals surface area contributed by atoms with E-state index in [2.05, 4.69) is 11.8 Å². The van der Waals surface area contributed by atoms with Crippen molar-refractivity contribution in [3.8, 4) is 0 Å². The van der Waals surface area contributed by atoms with Crippen molar-refractivity contribution in [3.05, 3.63) is 0 Å². The Morgan fingerprint density at radius 2 is 2.00 bits per heavy atom. The van der Waals surface area contributed by atoms with Crippen LogP contribution in [0.4, 0.5) is 0 Å². The molecule has 7 nitrogen and oxygen atoms in total. The van der Waals surface area contributed by atoms with Crippen molar-refractivity contribution in [1.29, 1.82) is 0 Å².